The molecule has 3 aromatic rings. The quantitative estimate of drug-likeness (QED) is 0.347. The largest absolute Gasteiger partial charge is 0.361 e. The van der Waals surface area contributed by atoms with Crippen LogP contribution in [0.2, 0.25) is 10.0 Å². The van der Waals surface area contributed by atoms with Crippen molar-refractivity contribution >= 4 is 45.9 Å². The van der Waals surface area contributed by atoms with Gasteiger partial charge in [-0.2, -0.15) is 0 Å². The molecule has 39 heavy (non-hydrogen) atoms. The lowest BCUT2D eigenvalue weighted by Gasteiger charge is -2.40. The average Bonchev–Trinajstić information content (AvgIpc) is 3.37. The summed E-state index contributed by atoms with van der Waals surface area (Å²) >= 11 is 12.2. The number of nitrogens with one attached hydrogen (secondary N) is 3. The number of benzene rings is 2. The summed E-state index contributed by atoms with van der Waals surface area (Å²) in [6.07, 6.45) is 8.92. The van der Waals surface area contributed by atoms with E-state index in [2.05, 4.69) is 25.4 Å². The molecule has 1 atom stereocenters. The number of rotatable bonds is 9. The standard InChI is InChI=1S/C30H37Cl2N5O2/c31-25-11-10-21(16-26(25)32)18-34-30(39)28(17-22-19-33-27-9-5-4-8-24(22)27)35-29(38)20-36-12-14-37(15-13-36)23-6-2-1-3-7-23/h4-5,8-11,16,19,23,28,33H,1-3,6-7,12-15,17-18,20H2,(H,34,39)(H,35,38). The predicted molar refractivity (Wildman–Crippen MR) is 157 cm³/mol. The van der Waals surface area contributed by atoms with Gasteiger partial charge < -0.3 is 15.6 Å². The molecule has 0 spiro atoms. The Morgan fingerprint density at radius 3 is 2.51 bits per heavy atom. The number of hydrogen-bond donors (Lipinski definition) is 3. The van der Waals surface area contributed by atoms with E-state index >= 15 is 0 Å². The number of aromatic nitrogens is 1. The van der Waals surface area contributed by atoms with Crippen LogP contribution >= 0.6 is 23.2 Å². The fraction of sp³-hybridized carbons (Fsp3) is 0.467. The van der Waals surface area contributed by atoms with Crippen LogP contribution in [0.15, 0.2) is 48.7 Å². The minimum Gasteiger partial charge on any atom is -0.361 e. The molecule has 2 heterocycles. The Hall–Kier alpha value is -2.58. The third kappa shape index (κ3) is 7.34. The molecule has 7 nitrogen and oxygen atoms in total. The van der Waals surface area contributed by atoms with Gasteiger partial charge in [-0.25, -0.2) is 0 Å². The number of hydrogen-bond acceptors (Lipinski definition) is 4. The van der Waals surface area contributed by atoms with Crippen molar-refractivity contribution < 1.29 is 9.59 Å². The van der Waals surface area contributed by atoms with Crippen LogP contribution in [0.25, 0.3) is 10.9 Å². The number of carbonyl (C=O) groups is 2. The van der Waals surface area contributed by atoms with E-state index in [1.165, 1.54) is 32.1 Å². The molecule has 1 saturated carbocycles. The Balaban J connectivity index is 1.21. The Kier molecular flexibility index (Phi) is 9.45. The SMILES string of the molecule is O=C(CN1CCN(C2CCCCC2)CC1)NC(Cc1c[nH]c2ccccc12)C(=O)NCc1ccc(Cl)c(Cl)c1. The molecular formula is C30H37Cl2N5O2. The van der Waals surface area contributed by atoms with E-state index < -0.39 is 6.04 Å². The van der Waals surface area contributed by atoms with Gasteiger partial charge in [0.15, 0.2) is 0 Å². The number of nitrogens with zero attached hydrogens (tertiary/aromatic N) is 2. The summed E-state index contributed by atoms with van der Waals surface area (Å²) in [4.78, 5) is 34.6. The summed E-state index contributed by atoms with van der Waals surface area (Å²) in [6.45, 7) is 4.34. The minimum absolute atomic E-state index is 0.129. The zero-order valence-electron chi connectivity index (χ0n) is 22.2. The van der Waals surface area contributed by atoms with Crippen molar-refractivity contribution in [2.24, 2.45) is 0 Å². The molecule has 3 N–H and O–H groups in total. The smallest absolute Gasteiger partial charge is 0.243 e. The zero-order valence-corrected chi connectivity index (χ0v) is 23.7. The molecule has 1 aliphatic heterocycles. The van der Waals surface area contributed by atoms with E-state index in [1.807, 2.05) is 36.5 Å². The van der Waals surface area contributed by atoms with Gasteiger partial charge >= 0.3 is 0 Å². The first-order valence-corrected chi connectivity index (χ1v) is 14.7. The van der Waals surface area contributed by atoms with Gasteiger partial charge in [-0.3, -0.25) is 19.4 Å². The maximum atomic E-state index is 13.4. The first kappa shape index (κ1) is 28.0. The molecule has 1 unspecified atom stereocenters. The van der Waals surface area contributed by atoms with Crippen molar-refractivity contribution in [1.29, 1.82) is 0 Å². The van der Waals surface area contributed by atoms with E-state index in [1.54, 1.807) is 12.1 Å². The second-order valence-electron chi connectivity index (χ2n) is 10.8. The molecule has 0 bridgehead atoms. The molecule has 2 fully saturated rings. The summed E-state index contributed by atoms with van der Waals surface area (Å²) in [7, 11) is 0. The molecule has 5 rings (SSSR count). The Morgan fingerprint density at radius 1 is 0.974 bits per heavy atom. The number of aromatic amines is 1. The molecule has 2 amide bonds. The zero-order chi connectivity index (χ0) is 27.2. The van der Waals surface area contributed by atoms with Crippen LogP contribution in [0, 0.1) is 0 Å². The lowest BCUT2D eigenvalue weighted by molar-refractivity contribution is -0.129. The van der Waals surface area contributed by atoms with Crippen molar-refractivity contribution in [1.82, 2.24) is 25.4 Å². The number of H-pyrrole nitrogens is 1. The fourth-order valence-electron chi connectivity index (χ4n) is 5.87. The summed E-state index contributed by atoms with van der Waals surface area (Å²) < 4.78 is 0. The number of piperazine rings is 1. The maximum Gasteiger partial charge on any atom is 0.243 e. The number of para-hydroxylation sites is 1. The molecular weight excluding hydrogens is 533 g/mol. The van der Waals surface area contributed by atoms with Gasteiger partial charge in [0, 0.05) is 62.3 Å². The fourth-order valence-corrected chi connectivity index (χ4v) is 6.19. The first-order valence-electron chi connectivity index (χ1n) is 14.0. The van der Waals surface area contributed by atoms with Crippen LogP contribution in [0.3, 0.4) is 0 Å². The Labute approximate surface area is 240 Å². The number of fused-ring (bicyclic) bond motifs is 1. The summed E-state index contributed by atoms with van der Waals surface area (Å²) in [5.74, 6) is -0.363. The van der Waals surface area contributed by atoms with Gasteiger partial charge in [-0.05, 0) is 42.2 Å². The average molecular weight is 571 g/mol. The number of carbonyl (C=O) groups excluding carboxylic acids is 2. The Bertz CT molecular complexity index is 1280. The number of amides is 2. The van der Waals surface area contributed by atoms with Gasteiger partial charge in [0.1, 0.15) is 6.04 Å². The number of halogens is 2. The van der Waals surface area contributed by atoms with Crippen LogP contribution < -0.4 is 10.6 Å². The van der Waals surface area contributed by atoms with Crippen molar-refractivity contribution in [3.63, 3.8) is 0 Å². The topological polar surface area (TPSA) is 80.5 Å². The van der Waals surface area contributed by atoms with Crippen LogP contribution in [0.1, 0.15) is 43.2 Å². The highest BCUT2D eigenvalue weighted by molar-refractivity contribution is 6.42. The van der Waals surface area contributed by atoms with Crippen LogP contribution in [0.4, 0.5) is 0 Å². The third-order valence-corrected chi connectivity index (χ3v) is 8.81. The minimum atomic E-state index is -0.706. The van der Waals surface area contributed by atoms with Crippen molar-refractivity contribution in [2.75, 3.05) is 32.7 Å². The highest BCUT2D eigenvalue weighted by Crippen LogP contribution is 2.24. The predicted octanol–water partition coefficient (Wildman–Crippen LogP) is 4.77. The van der Waals surface area contributed by atoms with Gasteiger partial charge in [0.2, 0.25) is 11.8 Å². The monoisotopic (exact) mass is 569 g/mol. The Morgan fingerprint density at radius 2 is 1.74 bits per heavy atom. The van der Waals surface area contributed by atoms with E-state index in [4.69, 9.17) is 23.2 Å². The highest BCUT2D eigenvalue weighted by atomic mass is 35.5. The molecule has 1 aliphatic carbocycles. The summed E-state index contributed by atoms with van der Waals surface area (Å²) in [5, 5.41) is 7.96. The molecule has 2 aromatic carbocycles. The lowest BCUT2D eigenvalue weighted by atomic mass is 9.94. The van der Waals surface area contributed by atoms with Gasteiger partial charge in [0.25, 0.3) is 0 Å². The van der Waals surface area contributed by atoms with Crippen LogP contribution in [-0.4, -0.2) is 71.4 Å². The third-order valence-electron chi connectivity index (χ3n) is 8.07. The molecule has 208 valence electrons. The van der Waals surface area contributed by atoms with Crippen LogP contribution in [-0.2, 0) is 22.6 Å². The molecule has 2 aliphatic rings. The van der Waals surface area contributed by atoms with Crippen molar-refractivity contribution in [3.8, 4) is 0 Å². The van der Waals surface area contributed by atoms with Crippen LogP contribution in [0.5, 0.6) is 0 Å². The van der Waals surface area contributed by atoms with E-state index in [-0.39, 0.29) is 11.8 Å². The lowest BCUT2D eigenvalue weighted by Crippen LogP contribution is -2.54. The maximum absolute atomic E-state index is 13.4. The van der Waals surface area contributed by atoms with E-state index in [0.717, 1.165) is 48.2 Å². The van der Waals surface area contributed by atoms with Gasteiger partial charge in [0.05, 0.1) is 16.6 Å². The normalized spacial score (nSPS) is 18.2. The second-order valence-corrected chi connectivity index (χ2v) is 11.6. The van der Waals surface area contributed by atoms with E-state index in [9.17, 15) is 9.59 Å². The molecule has 9 heteroatoms. The summed E-state index contributed by atoms with van der Waals surface area (Å²) in [6, 6.07) is 13.3. The first-order chi connectivity index (χ1) is 19.0. The second kappa shape index (κ2) is 13.2. The summed E-state index contributed by atoms with van der Waals surface area (Å²) in [5.41, 5.74) is 2.83. The van der Waals surface area contributed by atoms with Crippen molar-refractivity contribution in [3.05, 3.63) is 69.8 Å². The molecule has 0 radical (unpaired) electrons. The van der Waals surface area contributed by atoms with Gasteiger partial charge in [-0.15, -0.1) is 0 Å². The van der Waals surface area contributed by atoms with E-state index in [0.29, 0.717) is 35.6 Å². The highest BCUT2D eigenvalue weighted by Gasteiger charge is 2.27. The van der Waals surface area contributed by atoms with Crippen molar-refractivity contribution in [2.45, 2.75) is 57.2 Å². The van der Waals surface area contributed by atoms with Gasteiger partial charge in [-0.1, -0.05) is 66.7 Å². The molecule has 1 aromatic heterocycles. The molecule has 1 saturated heterocycles.